The highest BCUT2D eigenvalue weighted by Crippen LogP contribution is 2.21. The zero-order valence-corrected chi connectivity index (χ0v) is 8.78. The molecule has 0 spiro atoms. The largest absolute Gasteiger partial charge is 0.364 e. The lowest BCUT2D eigenvalue weighted by Gasteiger charge is -2.00. The van der Waals surface area contributed by atoms with Gasteiger partial charge in [-0.05, 0) is 28.1 Å². The van der Waals surface area contributed by atoms with Gasteiger partial charge in [-0.3, -0.25) is 4.79 Å². The van der Waals surface area contributed by atoms with E-state index in [1.807, 2.05) is 24.3 Å². The lowest BCUT2D eigenvalue weighted by molar-refractivity contribution is 0.0996. The van der Waals surface area contributed by atoms with E-state index in [1.165, 1.54) is 0 Å². The molecule has 2 aromatic rings. The van der Waals surface area contributed by atoms with Gasteiger partial charge in [-0.1, -0.05) is 18.2 Å². The molecule has 0 atom stereocenters. The number of nitrogens with zero attached hydrogens (tertiary/aromatic N) is 1. The molecule has 0 radical (unpaired) electrons. The quantitative estimate of drug-likeness (QED) is 0.843. The molecule has 0 saturated carbocycles. The van der Waals surface area contributed by atoms with Gasteiger partial charge in [-0.25, -0.2) is 4.98 Å². The summed E-state index contributed by atoms with van der Waals surface area (Å²) in [6, 6.07) is 9.17. The van der Waals surface area contributed by atoms with Crippen LogP contribution in [0.2, 0.25) is 0 Å². The van der Waals surface area contributed by atoms with Gasteiger partial charge in [-0.15, -0.1) is 0 Å². The number of para-hydroxylation sites is 1. The van der Waals surface area contributed by atoms with Crippen LogP contribution in [0, 0.1) is 0 Å². The molecule has 1 aromatic carbocycles. The third-order valence-corrected chi connectivity index (χ3v) is 2.56. The molecule has 70 valence electrons. The van der Waals surface area contributed by atoms with Crippen molar-refractivity contribution >= 4 is 32.7 Å². The Hall–Kier alpha value is -1.42. The summed E-state index contributed by atoms with van der Waals surface area (Å²) < 4.78 is 0.859. The number of hydrogen-bond acceptors (Lipinski definition) is 2. The van der Waals surface area contributed by atoms with E-state index in [-0.39, 0.29) is 5.69 Å². The molecule has 0 aliphatic carbocycles. The normalized spacial score (nSPS) is 10.4. The molecule has 0 saturated heterocycles. The molecular formula is C10H7BrN2O. The van der Waals surface area contributed by atoms with Crippen molar-refractivity contribution in [1.29, 1.82) is 0 Å². The molecule has 0 unspecified atom stereocenters. The van der Waals surface area contributed by atoms with E-state index in [4.69, 9.17) is 5.73 Å². The second-order valence-electron chi connectivity index (χ2n) is 2.87. The predicted octanol–water partition coefficient (Wildman–Crippen LogP) is 2.10. The maximum atomic E-state index is 10.9. The molecule has 1 aromatic heterocycles. The maximum Gasteiger partial charge on any atom is 0.267 e. The molecular weight excluding hydrogens is 244 g/mol. The fraction of sp³-hybridized carbons (Fsp3) is 0. The van der Waals surface area contributed by atoms with Crippen molar-refractivity contribution in [2.45, 2.75) is 0 Å². The van der Waals surface area contributed by atoms with Gasteiger partial charge >= 0.3 is 0 Å². The fourth-order valence-electron chi connectivity index (χ4n) is 1.25. The number of pyridine rings is 1. The first-order chi connectivity index (χ1) is 6.68. The Bertz CT molecular complexity index is 510. The molecule has 0 aliphatic rings. The number of nitrogens with two attached hydrogens (primary N) is 1. The molecule has 14 heavy (non-hydrogen) atoms. The summed E-state index contributed by atoms with van der Waals surface area (Å²) in [5, 5.41) is 0.976. The second kappa shape index (κ2) is 3.38. The predicted molar refractivity (Wildman–Crippen MR) is 58.0 cm³/mol. The number of halogens is 1. The Kier molecular flexibility index (Phi) is 2.21. The first-order valence-electron chi connectivity index (χ1n) is 4.03. The summed E-state index contributed by atoms with van der Waals surface area (Å²) in [7, 11) is 0. The second-order valence-corrected chi connectivity index (χ2v) is 3.73. The minimum atomic E-state index is -0.511. The zero-order chi connectivity index (χ0) is 10.1. The average molecular weight is 251 g/mol. The number of carbonyl (C=O) groups excluding carboxylic acids is 1. The number of amides is 1. The molecule has 1 heterocycles. The highest BCUT2D eigenvalue weighted by molar-refractivity contribution is 9.10. The Morgan fingerprint density at radius 3 is 2.79 bits per heavy atom. The summed E-state index contributed by atoms with van der Waals surface area (Å²) in [6.45, 7) is 0. The summed E-state index contributed by atoms with van der Waals surface area (Å²) in [6.07, 6.45) is 0. The Morgan fingerprint density at radius 1 is 1.29 bits per heavy atom. The van der Waals surface area contributed by atoms with Gasteiger partial charge in [0.2, 0.25) is 0 Å². The number of hydrogen-bond donors (Lipinski definition) is 1. The third-order valence-electron chi connectivity index (χ3n) is 1.92. The van der Waals surface area contributed by atoms with Crippen molar-refractivity contribution in [1.82, 2.24) is 4.98 Å². The van der Waals surface area contributed by atoms with Crippen LogP contribution in [-0.2, 0) is 0 Å². The smallest absolute Gasteiger partial charge is 0.267 e. The van der Waals surface area contributed by atoms with E-state index in [1.54, 1.807) is 6.07 Å². The fourth-order valence-corrected chi connectivity index (χ4v) is 1.72. The van der Waals surface area contributed by atoms with Gasteiger partial charge in [0.15, 0.2) is 0 Å². The van der Waals surface area contributed by atoms with Gasteiger partial charge < -0.3 is 5.73 Å². The van der Waals surface area contributed by atoms with Gasteiger partial charge in [0.05, 0.1) is 5.52 Å². The standard InChI is InChI=1S/C10H7BrN2O/c11-7-3-1-2-6-4-5-8(10(12)14)13-9(6)7/h1-5H,(H2,12,14). The first-order valence-corrected chi connectivity index (χ1v) is 4.83. The molecule has 2 rings (SSSR count). The van der Waals surface area contributed by atoms with Crippen LogP contribution in [0.15, 0.2) is 34.8 Å². The summed E-state index contributed by atoms with van der Waals surface area (Å²) >= 11 is 3.37. The van der Waals surface area contributed by atoms with Crippen molar-refractivity contribution in [3.8, 4) is 0 Å². The molecule has 0 aliphatic heterocycles. The Labute approximate surface area is 89.1 Å². The number of fused-ring (bicyclic) bond motifs is 1. The van der Waals surface area contributed by atoms with Crippen LogP contribution >= 0.6 is 15.9 Å². The molecule has 0 bridgehead atoms. The molecule has 3 nitrogen and oxygen atoms in total. The SMILES string of the molecule is NC(=O)c1ccc2cccc(Br)c2n1. The monoisotopic (exact) mass is 250 g/mol. The summed E-state index contributed by atoms with van der Waals surface area (Å²) in [4.78, 5) is 15.1. The van der Waals surface area contributed by atoms with E-state index in [2.05, 4.69) is 20.9 Å². The zero-order valence-electron chi connectivity index (χ0n) is 7.20. The van der Waals surface area contributed by atoms with Crippen LogP contribution in [0.1, 0.15) is 10.5 Å². The highest BCUT2D eigenvalue weighted by atomic mass is 79.9. The van der Waals surface area contributed by atoms with Crippen LogP contribution in [0.4, 0.5) is 0 Å². The van der Waals surface area contributed by atoms with Gasteiger partial charge in [0.25, 0.3) is 5.91 Å². The van der Waals surface area contributed by atoms with E-state index in [9.17, 15) is 4.79 Å². The van der Waals surface area contributed by atoms with Gasteiger partial charge in [-0.2, -0.15) is 0 Å². The molecule has 1 amide bonds. The summed E-state index contributed by atoms with van der Waals surface area (Å²) in [5.74, 6) is -0.511. The minimum absolute atomic E-state index is 0.282. The van der Waals surface area contributed by atoms with Crippen LogP contribution < -0.4 is 5.73 Å². The number of benzene rings is 1. The Morgan fingerprint density at radius 2 is 2.07 bits per heavy atom. The maximum absolute atomic E-state index is 10.9. The average Bonchev–Trinajstić information content (AvgIpc) is 2.18. The van der Waals surface area contributed by atoms with E-state index < -0.39 is 5.91 Å². The van der Waals surface area contributed by atoms with Gasteiger partial charge in [0.1, 0.15) is 5.69 Å². The van der Waals surface area contributed by atoms with Crippen molar-refractivity contribution in [3.05, 3.63) is 40.5 Å². The number of rotatable bonds is 1. The Balaban J connectivity index is 2.76. The van der Waals surface area contributed by atoms with Crippen molar-refractivity contribution in [3.63, 3.8) is 0 Å². The van der Waals surface area contributed by atoms with Crippen molar-refractivity contribution in [2.75, 3.05) is 0 Å². The van der Waals surface area contributed by atoms with Crippen LogP contribution in [0.5, 0.6) is 0 Å². The van der Waals surface area contributed by atoms with Gasteiger partial charge in [0, 0.05) is 9.86 Å². The molecule has 4 heteroatoms. The van der Waals surface area contributed by atoms with Crippen molar-refractivity contribution in [2.24, 2.45) is 5.73 Å². The number of carbonyl (C=O) groups is 1. The summed E-state index contributed by atoms with van der Waals surface area (Å²) in [5.41, 5.74) is 6.17. The van der Waals surface area contributed by atoms with Crippen molar-refractivity contribution < 1.29 is 4.79 Å². The minimum Gasteiger partial charge on any atom is -0.364 e. The lowest BCUT2D eigenvalue weighted by Crippen LogP contribution is -2.12. The van der Waals surface area contributed by atoms with E-state index in [0.29, 0.717) is 0 Å². The first kappa shape index (κ1) is 9.15. The topological polar surface area (TPSA) is 56.0 Å². The van der Waals surface area contributed by atoms with E-state index >= 15 is 0 Å². The number of primary amides is 1. The number of aromatic nitrogens is 1. The van der Waals surface area contributed by atoms with Crippen LogP contribution in [0.25, 0.3) is 10.9 Å². The molecule has 0 fully saturated rings. The van der Waals surface area contributed by atoms with E-state index in [0.717, 1.165) is 15.4 Å². The van der Waals surface area contributed by atoms with Crippen LogP contribution in [0.3, 0.4) is 0 Å². The third kappa shape index (κ3) is 1.48. The molecule has 2 N–H and O–H groups in total. The highest BCUT2D eigenvalue weighted by Gasteiger charge is 2.04. The van der Waals surface area contributed by atoms with Crippen LogP contribution in [-0.4, -0.2) is 10.9 Å². The lowest BCUT2D eigenvalue weighted by atomic mass is 10.2.